The molecule has 3 rings (SSSR count). The van der Waals surface area contributed by atoms with Gasteiger partial charge in [-0.1, -0.05) is 24.3 Å². The van der Waals surface area contributed by atoms with E-state index in [2.05, 4.69) is 0 Å². The molecule has 1 aromatic heterocycles. The molecule has 0 aliphatic rings. The van der Waals surface area contributed by atoms with Crippen LogP contribution in [0.5, 0.6) is 0 Å². The Morgan fingerprint density at radius 1 is 1.16 bits per heavy atom. The van der Waals surface area contributed by atoms with Crippen LogP contribution in [0.4, 0.5) is 10.5 Å². The first-order valence-corrected chi connectivity index (χ1v) is 7.64. The Kier molecular flexibility index (Phi) is 4.34. The van der Waals surface area contributed by atoms with Crippen molar-refractivity contribution in [2.45, 2.75) is 13.5 Å². The summed E-state index contributed by atoms with van der Waals surface area (Å²) in [5.74, 6) is 0. The molecule has 0 aliphatic heterocycles. The summed E-state index contributed by atoms with van der Waals surface area (Å²) in [6.45, 7) is 1.95. The number of aromatic nitrogens is 2. The molecule has 0 aliphatic carbocycles. The van der Waals surface area contributed by atoms with Gasteiger partial charge in [0.15, 0.2) is 0 Å². The van der Waals surface area contributed by atoms with E-state index in [0.29, 0.717) is 16.5 Å². The second-order valence-corrected chi connectivity index (χ2v) is 5.31. The van der Waals surface area contributed by atoms with Gasteiger partial charge in [0.25, 0.3) is 11.2 Å². The Morgan fingerprint density at radius 2 is 1.84 bits per heavy atom. The fraction of sp³-hybridized carbons (Fsp3) is 0.176. The summed E-state index contributed by atoms with van der Waals surface area (Å²) in [4.78, 5) is 35.2. The molecule has 0 N–H and O–H groups in total. The molecule has 8 heteroatoms. The number of hydrogen-bond acceptors (Lipinski definition) is 5. The van der Waals surface area contributed by atoms with Crippen molar-refractivity contribution >= 4 is 22.7 Å². The fourth-order valence-corrected chi connectivity index (χ4v) is 2.62. The smallest absolute Gasteiger partial charge is 0.433 e. The van der Waals surface area contributed by atoms with Crippen molar-refractivity contribution in [1.82, 2.24) is 9.36 Å². The lowest BCUT2D eigenvalue weighted by molar-refractivity contribution is -0.384. The molecule has 0 fully saturated rings. The number of fused-ring (bicyclic) bond motifs is 1. The first kappa shape index (κ1) is 16.4. The highest BCUT2D eigenvalue weighted by molar-refractivity contribution is 5.87. The van der Waals surface area contributed by atoms with Crippen LogP contribution in [0.1, 0.15) is 12.5 Å². The predicted octanol–water partition coefficient (Wildman–Crippen LogP) is 2.76. The third-order valence-electron chi connectivity index (χ3n) is 3.76. The number of hydrogen-bond donors (Lipinski definition) is 0. The van der Waals surface area contributed by atoms with Crippen molar-refractivity contribution in [2.75, 3.05) is 6.61 Å². The number of nitrogens with zero attached hydrogens (tertiary/aromatic N) is 3. The standard InChI is InChI=1S/C17H15N3O5/c1-2-25-17(22)19-15-6-4-3-5-14(15)16(21)18(19)11-12-7-9-13(10-8-12)20(23)24/h3-10H,2,11H2,1H3. The quantitative estimate of drug-likeness (QED) is 0.537. The Labute approximate surface area is 142 Å². The Morgan fingerprint density at radius 3 is 2.48 bits per heavy atom. The van der Waals surface area contributed by atoms with E-state index < -0.39 is 11.0 Å². The van der Waals surface area contributed by atoms with Crippen molar-refractivity contribution in [3.63, 3.8) is 0 Å². The monoisotopic (exact) mass is 341 g/mol. The first-order valence-electron chi connectivity index (χ1n) is 7.64. The van der Waals surface area contributed by atoms with E-state index in [1.165, 1.54) is 21.5 Å². The molecule has 0 saturated heterocycles. The fourth-order valence-electron chi connectivity index (χ4n) is 2.62. The molecule has 0 atom stereocenters. The third-order valence-corrected chi connectivity index (χ3v) is 3.76. The lowest BCUT2D eigenvalue weighted by atomic mass is 10.2. The third kappa shape index (κ3) is 3.01. The molecule has 8 nitrogen and oxygen atoms in total. The van der Waals surface area contributed by atoms with Gasteiger partial charge in [0, 0.05) is 12.1 Å². The zero-order valence-corrected chi connectivity index (χ0v) is 13.4. The number of rotatable bonds is 4. The number of benzene rings is 2. The molecule has 0 unspecified atom stereocenters. The van der Waals surface area contributed by atoms with Gasteiger partial charge in [-0.2, -0.15) is 4.68 Å². The van der Waals surface area contributed by atoms with E-state index >= 15 is 0 Å². The second-order valence-electron chi connectivity index (χ2n) is 5.31. The minimum atomic E-state index is -0.650. The van der Waals surface area contributed by atoms with Crippen molar-refractivity contribution in [3.05, 3.63) is 74.6 Å². The topological polar surface area (TPSA) is 96.4 Å². The average molecular weight is 341 g/mol. The molecule has 3 aromatic rings. The van der Waals surface area contributed by atoms with Crippen LogP contribution in [-0.4, -0.2) is 27.0 Å². The maximum Gasteiger partial charge on any atom is 0.433 e. The number of ether oxygens (including phenoxy) is 1. The maximum atomic E-state index is 12.7. The zero-order valence-electron chi connectivity index (χ0n) is 13.4. The van der Waals surface area contributed by atoms with E-state index in [1.54, 1.807) is 43.3 Å². The summed E-state index contributed by atoms with van der Waals surface area (Å²) in [7, 11) is 0. The lowest BCUT2D eigenvalue weighted by Crippen LogP contribution is -2.28. The summed E-state index contributed by atoms with van der Waals surface area (Å²) in [5.41, 5.74) is 0.734. The number of non-ortho nitro benzene ring substituents is 1. The van der Waals surface area contributed by atoms with Crippen LogP contribution in [0.25, 0.3) is 10.9 Å². The van der Waals surface area contributed by atoms with Crippen LogP contribution in [0.3, 0.4) is 0 Å². The molecule has 0 saturated carbocycles. The summed E-state index contributed by atoms with van der Waals surface area (Å²) in [5, 5.41) is 11.1. The highest BCUT2D eigenvalue weighted by Gasteiger charge is 2.19. The van der Waals surface area contributed by atoms with Gasteiger partial charge < -0.3 is 4.74 Å². The number of carbonyl (C=O) groups is 1. The highest BCUT2D eigenvalue weighted by atomic mass is 16.6. The van der Waals surface area contributed by atoms with E-state index in [9.17, 15) is 19.7 Å². The highest BCUT2D eigenvalue weighted by Crippen LogP contribution is 2.15. The molecule has 0 bridgehead atoms. The molecular weight excluding hydrogens is 326 g/mol. The van der Waals surface area contributed by atoms with Gasteiger partial charge >= 0.3 is 6.09 Å². The van der Waals surface area contributed by atoms with E-state index in [4.69, 9.17) is 4.74 Å². The zero-order chi connectivity index (χ0) is 18.0. The van der Waals surface area contributed by atoms with Crippen molar-refractivity contribution in [3.8, 4) is 0 Å². The van der Waals surface area contributed by atoms with E-state index in [1.807, 2.05) is 0 Å². The van der Waals surface area contributed by atoms with Crippen LogP contribution in [-0.2, 0) is 11.3 Å². The lowest BCUT2D eigenvalue weighted by Gasteiger charge is -2.11. The van der Waals surface area contributed by atoms with Gasteiger partial charge in [-0.05, 0) is 24.6 Å². The molecule has 0 radical (unpaired) electrons. The first-order chi connectivity index (χ1) is 12.0. The van der Waals surface area contributed by atoms with Crippen LogP contribution < -0.4 is 5.56 Å². The van der Waals surface area contributed by atoms with Gasteiger partial charge in [-0.15, -0.1) is 0 Å². The van der Waals surface area contributed by atoms with Crippen LogP contribution in [0.2, 0.25) is 0 Å². The summed E-state index contributed by atoms with van der Waals surface area (Å²) < 4.78 is 7.52. The maximum absolute atomic E-state index is 12.7. The predicted molar refractivity (Wildman–Crippen MR) is 90.8 cm³/mol. The van der Waals surface area contributed by atoms with Crippen LogP contribution in [0, 0.1) is 10.1 Å². The van der Waals surface area contributed by atoms with Gasteiger partial charge in [0.2, 0.25) is 0 Å². The molecule has 25 heavy (non-hydrogen) atoms. The number of carbonyl (C=O) groups excluding carboxylic acids is 1. The summed E-state index contributed by atoms with van der Waals surface area (Å²) >= 11 is 0. The summed E-state index contributed by atoms with van der Waals surface area (Å²) in [6.07, 6.45) is -0.650. The molecule has 1 heterocycles. The number of nitro benzene ring substituents is 1. The number of nitro groups is 1. The van der Waals surface area contributed by atoms with Crippen molar-refractivity contribution < 1.29 is 14.5 Å². The summed E-state index contributed by atoms with van der Waals surface area (Å²) in [6, 6.07) is 12.6. The van der Waals surface area contributed by atoms with Gasteiger partial charge in [0.05, 0.1) is 29.0 Å². The molecular formula is C17H15N3O5. The molecule has 2 aromatic carbocycles. The molecule has 0 spiro atoms. The molecule has 128 valence electrons. The van der Waals surface area contributed by atoms with Crippen LogP contribution >= 0.6 is 0 Å². The van der Waals surface area contributed by atoms with Crippen LogP contribution in [0.15, 0.2) is 53.3 Å². The Balaban J connectivity index is 2.10. The van der Waals surface area contributed by atoms with Gasteiger partial charge in [-0.25, -0.2) is 9.48 Å². The SMILES string of the molecule is CCOC(=O)n1c2ccccc2c(=O)n1Cc1ccc([N+](=O)[O-])cc1. The van der Waals surface area contributed by atoms with Crippen molar-refractivity contribution in [2.24, 2.45) is 0 Å². The van der Waals surface area contributed by atoms with Gasteiger partial charge in [0.1, 0.15) is 0 Å². The largest absolute Gasteiger partial charge is 0.448 e. The molecule has 0 amide bonds. The minimum absolute atomic E-state index is 0.0398. The number of para-hydroxylation sites is 1. The van der Waals surface area contributed by atoms with Crippen molar-refractivity contribution in [1.29, 1.82) is 0 Å². The second kappa shape index (κ2) is 6.60. The minimum Gasteiger partial charge on any atom is -0.448 e. The normalized spacial score (nSPS) is 10.8. The van der Waals surface area contributed by atoms with E-state index in [-0.39, 0.29) is 24.4 Å². The van der Waals surface area contributed by atoms with Gasteiger partial charge in [-0.3, -0.25) is 14.9 Å². The average Bonchev–Trinajstić information content (AvgIpc) is 2.88. The Bertz CT molecular complexity index is 1000. The van der Waals surface area contributed by atoms with E-state index in [0.717, 1.165) is 0 Å². The Hall–Kier alpha value is -3.42.